The zero-order chi connectivity index (χ0) is 12.3. The maximum Gasteiger partial charge on any atom is 0.238 e. The van der Waals surface area contributed by atoms with Crippen LogP contribution in [0.1, 0.15) is 37.1 Å². The molecule has 0 aliphatic carbocycles. The zero-order valence-electron chi connectivity index (χ0n) is 10.6. The van der Waals surface area contributed by atoms with Gasteiger partial charge in [-0.05, 0) is 18.9 Å². The van der Waals surface area contributed by atoms with Gasteiger partial charge >= 0.3 is 0 Å². The highest BCUT2D eigenvalue weighted by Crippen LogP contribution is 2.23. The highest BCUT2D eigenvalue weighted by atomic mass is 16.2. The van der Waals surface area contributed by atoms with Gasteiger partial charge in [-0.25, -0.2) is 0 Å². The van der Waals surface area contributed by atoms with Crippen molar-refractivity contribution in [1.29, 1.82) is 0 Å². The lowest BCUT2D eigenvalue weighted by atomic mass is 10.1. The van der Waals surface area contributed by atoms with E-state index in [1.54, 1.807) is 0 Å². The molecule has 1 heterocycles. The van der Waals surface area contributed by atoms with Crippen molar-refractivity contribution >= 4 is 5.91 Å². The van der Waals surface area contributed by atoms with Gasteiger partial charge < -0.3 is 4.90 Å². The van der Waals surface area contributed by atoms with Crippen LogP contribution in [-0.2, 0) is 4.79 Å². The lowest BCUT2D eigenvalue weighted by Crippen LogP contribution is -2.31. The molecule has 1 amide bonds. The minimum absolute atomic E-state index is 0.0638. The fraction of sp³-hybridized carbons (Fsp3) is 0.500. The van der Waals surface area contributed by atoms with Crippen molar-refractivity contribution in [3.63, 3.8) is 0 Å². The van der Waals surface area contributed by atoms with E-state index in [0.717, 1.165) is 19.4 Å². The molecule has 1 aromatic carbocycles. The van der Waals surface area contributed by atoms with Crippen LogP contribution in [0.4, 0.5) is 0 Å². The van der Waals surface area contributed by atoms with E-state index in [4.69, 9.17) is 0 Å². The summed E-state index contributed by atoms with van der Waals surface area (Å²) < 4.78 is 0. The predicted molar refractivity (Wildman–Crippen MR) is 68.5 cm³/mol. The molecular formula is C14H20N2O. The first-order valence-corrected chi connectivity index (χ1v) is 6.32. The molecule has 0 saturated carbocycles. The third-order valence-corrected chi connectivity index (χ3v) is 3.19. The van der Waals surface area contributed by atoms with E-state index in [1.807, 2.05) is 11.0 Å². The highest BCUT2D eigenvalue weighted by molar-refractivity contribution is 5.80. The van der Waals surface area contributed by atoms with E-state index in [-0.39, 0.29) is 12.1 Å². The number of nitrogens with zero attached hydrogens (tertiary/aromatic N) is 1. The van der Waals surface area contributed by atoms with Crippen molar-refractivity contribution in [1.82, 2.24) is 10.2 Å². The third kappa shape index (κ3) is 2.67. The van der Waals surface area contributed by atoms with Gasteiger partial charge in [0, 0.05) is 6.54 Å². The van der Waals surface area contributed by atoms with Gasteiger partial charge in [-0.3, -0.25) is 10.1 Å². The van der Waals surface area contributed by atoms with Gasteiger partial charge in [-0.15, -0.1) is 0 Å². The number of aryl methyl sites for hydroxylation is 1. The highest BCUT2D eigenvalue weighted by Gasteiger charge is 2.30. The summed E-state index contributed by atoms with van der Waals surface area (Å²) in [6.45, 7) is 5.54. The van der Waals surface area contributed by atoms with Crippen LogP contribution < -0.4 is 5.32 Å². The minimum atomic E-state index is 0.0638. The molecule has 2 rings (SSSR count). The summed E-state index contributed by atoms with van der Waals surface area (Å²) in [7, 11) is 0. The first-order valence-electron chi connectivity index (χ1n) is 6.32. The van der Waals surface area contributed by atoms with Gasteiger partial charge in [0.1, 0.15) is 6.17 Å². The average molecular weight is 232 g/mol. The van der Waals surface area contributed by atoms with E-state index >= 15 is 0 Å². The predicted octanol–water partition coefficient (Wildman–Crippen LogP) is 2.23. The summed E-state index contributed by atoms with van der Waals surface area (Å²) in [5.41, 5.74) is 2.42. The minimum Gasteiger partial charge on any atom is -0.322 e. The molecule has 3 heteroatoms. The Morgan fingerprint density at radius 1 is 1.47 bits per heavy atom. The van der Waals surface area contributed by atoms with Crippen LogP contribution in [0.5, 0.6) is 0 Å². The second-order valence-electron chi connectivity index (χ2n) is 4.64. The number of unbranched alkanes of at least 4 members (excludes halogenated alkanes) is 1. The summed E-state index contributed by atoms with van der Waals surface area (Å²) in [4.78, 5) is 13.8. The monoisotopic (exact) mass is 232 g/mol. The third-order valence-electron chi connectivity index (χ3n) is 3.19. The standard InChI is InChI=1S/C14H20N2O/c1-3-4-8-16-13(17)10-15-14(16)12-7-5-6-11(2)9-12/h5-7,9,14-15H,3-4,8,10H2,1-2H3. The lowest BCUT2D eigenvalue weighted by Gasteiger charge is -2.24. The van der Waals surface area contributed by atoms with Crippen LogP contribution in [0.2, 0.25) is 0 Å². The Kier molecular flexibility index (Phi) is 3.79. The zero-order valence-corrected chi connectivity index (χ0v) is 10.6. The molecule has 1 fully saturated rings. The van der Waals surface area contributed by atoms with Crippen LogP contribution in [0.3, 0.4) is 0 Å². The van der Waals surface area contributed by atoms with Gasteiger partial charge in [0.05, 0.1) is 6.54 Å². The summed E-state index contributed by atoms with van der Waals surface area (Å²) in [6, 6.07) is 8.36. The van der Waals surface area contributed by atoms with Crippen molar-refractivity contribution in [2.45, 2.75) is 32.9 Å². The molecular weight excluding hydrogens is 212 g/mol. The van der Waals surface area contributed by atoms with Gasteiger partial charge in [0.15, 0.2) is 0 Å². The summed E-state index contributed by atoms with van der Waals surface area (Å²) in [5, 5.41) is 3.29. The topological polar surface area (TPSA) is 32.3 Å². The SMILES string of the molecule is CCCCN1C(=O)CNC1c1cccc(C)c1. The molecule has 1 aliphatic rings. The molecule has 1 atom stereocenters. The normalized spacial score (nSPS) is 20.0. The second kappa shape index (κ2) is 5.32. The van der Waals surface area contributed by atoms with E-state index in [9.17, 15) is 4.79 Å². The Balaban J connectivity index is 2.16. The smallest absolute Gasteiger partial charge is 0.238 e. The van der Waals surface area contributed by atoms with Crippen molar-refractivity contribution in [3.05, 3.63) is 35.4 Å². The molecule has 0 radical (unpaired) electrons. The van der Waals surface area contributed by atoms with Gasteiger partial charge in [-0.1, -0.05) is 43.2 Å². The molecule has 1 N–H and O–H groups in total. The molecule has 0 aromatic heterocycles. The van der Waals surface area contributed by atoms with E-state index in [0.29, 0.717) is 6.54 Å². The van der Waals surface area contributed by atoms with Crippen LogP contribution in [0, 0.1) is 6.92 Å². The number of amides is 1. The largest absolute Gasteiger partial charge is 0.322 e. The Labute approximate surface area is 103 Å². The average Bonchev–Trinajstić information content (AvgIpc) is 2.68. The quantitative estimate of drug-likeness (QED) is 0.863. The van der Waals surface area contributed by atoms with Crippen molar-refractivity contribution in [2.24, 2.45) is 0 Å². The van der Waals surface area contributed by atoms with Crippen LogP contribution in [0.15, 0.2) is 24.3 Å². The molecule has 0 bridgehead atoms. The Morgan fingerprint density at radius 2 is 2.29 bits per heavy atom. The van der Waals surface area contributed by atoms with Gasteiger partial charge in [-0.2, -0.15) is 0 Å². The fourth-order valence-corrected chi connectivity index (χ4v) is 2.26. The van der Waals surface area contributed by atoms with Crippen LogP contribution in [-0.4, -0.2) is 23.9 Å². The maximum absolute atomic E-state index is 11.8. The molecule has 17 heavy (non-hydrogen) atoms. The van der Waals surface area contributed by atoms with Gasteiger partial charge in [0.25, 0.3) is 0 Å². The van der Waals surface area contributed by atoms with Crippen LogP contribution in [0.25, 0.3) is 0 Å². The van der Waals surface area contributed by atoms with Gasteiger partial charge in [0.2, 0.25) is 5.91 Å². The van der Waals surface area contributed by atoms with E-state index < -0.39 is 0 Å². The molecule has 3 nitrogen and oxygen atoms in total. The maximum atomic E-state index is 11.8. The second-order valence-corrected chi connectivity index (χ2v) is 4.64. The van der Waals surface area contributed by atoms with Crippen LogP contribution >= 0.6 is 0 Å². The van der Waals surface area contributed by atoms with E-state index in [1.165, 1.54) is 11.1 Å². The Morgan fingerprint density at radius 3 is 3.00 bits per heavy atom. The first kappa shape index (κ1) is 12.1. The summed E-state index contributed by atoms with van der Waals surface area (Å²) in [6.07, 6.45) is 2.24. The fourth-order valence-electron chi connectivity index (χ4n) is 2.26. The van der Waals surface area contributed by atoms with E-state index in [2.05, 4.69) is 37.4 Å². The number of hydrogen-bond acceptors (Lipinski definition) is 2. The molecule has 1 aromatic rings. The van der Waals surface area contributed by atoms with Crippen molar-refractivity contribution < 1.29 is 4.79 Å². The lowest BCUT2D eigenvalue weighted by molar-refractivity contribution is -0.128. The first-order chi connectivity index (χ1) is 8.22. The molecule has 1 saturated heterocycles. The molecule has 1 aliphatic heterocycles. The summed E-state index contributed by atoms with van der Waals surface area (Å²) >= 11 is 0. The number of carbonyl (C=O) groups is 1. The van der Waals surface area contributed by atoms with Crippen molar-refractivity contribution in [2.75, 3.05) is 13.1 Å². The number of carbonyl (C=O) groups excluding carboxylic acids is 1. The Hall–Kier alpha value is -1.35. The Bertz CT molecular complexity index is 403. The van der Waals surface area contributed by atoms with Crippen molar-refractivity contribution in [3.8, 4) is 0 Å². The number of hydrogen-bond donors (Lipinski definition) is 1. The summed E-state index contributed by atoms with van der Waals surface area (Å²) in [5.74, 6) is 0.213. The molecule has 1 unspecified atom stereocenters. The molecule has 92 valence electrons. The number of rotatable bonds is 4. The number of benzene rings is 1. The number of nitrogens with one attached hydrogen (secondary N) is 1. The molecule has 0 spiro atoms.